The van der Waals surface area contributed by atoms with Gasteiger partial charge in [-0.2, -0.15) is 5.10 Å². The van der Waals surface area contributed by atoms with Crippen LogP contribution in [0.4, 0.5) is 0 Å². The summed E-state index contributed by atoms with van der Waals surface area (Å²) in [7, 11) is 0. The number of aromatic nitrogens is 3. The average Bonchev–Trinajstić information content (AvgIpc) is 2.87. The lowest BCUT2D eigenvalue weighted by molar-refractivity contribution is 0.0919. The third-order valence-electron chi connectivity index (χ3n) is 3.71. The molecule has 1 saturated heterocycles. The summed E-state index contributed by atoms with van der Waals surface area (Å²) < 4.78 is 2.07. The summed E-state index contributed by atoms with van der Waals surface area (Å²) in [5, 5.41) is 5.65. The number of hydrogen-bond acceptors (Lipinski definition) is 4. The van der Waals surface area contributed by atoms with Gasteiger partial charge in [-0.15, -0.1) is 11.3 Å². The Morgan fingerprint density at radius 1 is 1.33 bits per heavy atom. The van der Waals surface area contributed by atoms with E-state index in [1.54, 1.807) is 0 Å². The van der Waals surface area contributed by atoms with Crippen molar-refractivity contribution in [3.05, 3.63) is 34.5 Å². The molecule has 2 aromatic heterocycles. The number of likely N-dealkylation sites (tertiary alicyclic amines) is 1. The first-order chi connectivity index (χ1) is 8.88. The van der Waals surface area contributed by atoms with Crippen molar-refractivity contribution in [2.24, 2.45) is 0 Å². The van der Waals surface area contributed by atoms with Crippen molar-refractivity contribution < 1.29 is 0 Å². The van der Waals surface area contributed by atoms with Crippen molar-refractivity contribution in [3.63, 3.8) is 0 Å². The van der Waals surface area contributed by atoms with Crippen molar-refractivity contribution >= 4 is 11.3 Å². The van der Waals surface area contributed by atoms with Gasteiger partial charge in [-0.25, -0.2) is 4.98 Å². The molecule has 1 aliphatic carbocycles. The standard InChI is InChI=1S/C13H16N4S/c1-4-15-17(5-1)11-7-16(8-11)9-12-6-14-13(18-12)10-2-3-10/h1,4-6,10-11H,2-3,7-9H2. The van der Waals surface area contributed by atoms with Crippen molar-refractivity contribution in [3.8, 4) is 0 Å². The van der Waals surface area contributed by atoms with Gasteiger partial charge in [-0.1, -0.05) is 0 Å². The summed E-state index contributed by atoms with van der Waals surface area (Å²) in [6.45, 7) is 3.28. The van der Waals surface area contributed by atoms with Crippen LogP contribution in [0.25, 0.3) is 0 Å². The van der Waals surface area contributed by atoms with Gasteiger partial charge in [0.1, 0.15) is 0 Å². The van der Waals surface area contributed by atoms with E-state index in [9.17, 15) is 0 Å². The minimum absolute atomic E-state index is 0.566. The molecule has 0 N–H and O–H groups in total. The van der Waals surface area contributed by atoms with Crippen LogP contribution in [0.2, 0.25) is 0 Å². The van der Waals surface area contributed by atoms with Crippen LogP contribution in [0, 0.1) is 0 Å². The number of thiazole rings is 1. The van der Waals surface area contributed by atoms with Gasteiger partial charge in [-0.05, 0) is 18.9 Å². The second kappa shape index (κ2) is 4.17. The first kappa shape index (κ1) is 10.7. The van der Waals surface area contributed by atoms with Crippen LogP contribution in [0.15, 0.2) is 24.7 Å². The van der Waals surface area contributed by atoms with Crippen molar-refractivity contribution in [2.45, 2.75) is 31.3 Å². The van der Waals surface area contributed by atoms with Gasteiger partial charge in [0.05, 0.1) is 11.0 Å². The molecule has 18 heavy (non-hydrogen) atoms. The first-order valence-electron chi connectivity index (χ1n) is 6.54. The average molecular weight is 260 g/mol. The Labute approximate surface area is 110 Å². The van der Waals surface area contributed by atoms with Gasteiger partial charge in [0, 0.05) is 49.0 Å². The predicted molar refractivity (Wildman–Crippen MR) is 70.6 cm³/mol. The molecule has 4 nitrogen and oxygen atoms in total. The smallest absolute Gasteiger partial charge is 0.0959 e. The van der Waals surface area contributed by atoms with E-state index < -0.39 is 0 Å². The van der Waals surface area contributed by atoms with Gasteiger partial charge >= 0.3 is 0 Å². The van der Waals surface area contributed by atoms with E-state index in [2.05, 4.69) is 32.1 Å². The zero-order valence-electron chi connectivity index (χ0n) is 10.2. The van der Waals surface area contributed by atoms with Crippen molar-refractivity contribution in [2.75, 3.05) is 13.1 Å². The van der Waals surface area contributed by atoms with E-state index in [-0.39, 0.29) is 0 Å². The van der Waals surface area contributed by atoms with Crippen molar-refractivity contribution in [1.82, 2.24) is 19.7 Å². The summed E-state index contributed by atoms with van der Waals surface area (Å²) in [5.41, 5.74) is 0. The third-order valence-corrected chi connectivity index (χ3v) is 4.86. The Morgan fingerprint density at radius 2 is 2.22 bits per heavy atom. The van der Waals surface area contributed by atoms with Crippen LogP contribution in [-0.4, -0.2) is 32.8 Å². The van der Waals surface area contributed by atoms with Crippen LogP contribution in [-0.2, 0) is 6.54 Å². The number of hydrogen-bond donors (Lipinski definition) is 0. The maximum atomic E-state index is 4.53. The Bertz CT molecular complexity index is 523. The second-order valence-corrected chi connectivity index (χ2v) is 6.42. The summed E-state index contributed by atoms with van der Waals surface area (Å²) >= 11 is 1.90. The fourth-order valence-corrected chi connectivity index (χ4v) is 3.60. The lowest BCUT2D eigenvalue weighted by Gasteiger charge is -2.38. The molecule has 0 bridgehead atoms. The van der Waals surface area contributed by atoms with Crippen molar-refractivity contribution in [1.29, 1.82) is 0 Å². The third kappa shape index (κ3) is 1.97. The fraction of sp³-hybridized carbons (Fsp3) is 0.538. The highest BCUT2D eigenvalue weighted by atomic mass is 32.1. The van der Waals surface area contributed by atoms with Gasteiger partial charge in [0.25, 0.3) is 0 Å². The predicted octanol–water partition coefficient (Wildman–Crippen LogP) is 2.27. The topological polar surface area (TPSA) is 34.0 Å². The minimum Gasteiger partial charge on any atom is -0.294 e. The van der Waals surface area contributed by atoms with Crippen LogP contribution < -0.4 is 0 Å². The van der Waals surface area contributed by atoms with E-state index >= 15 is 0 Å². The maximum Gasteiger partial charge on any atom is 0.0959 e. The lowest BCUT2D eigenvalue weighted by atomic mass is 10.1. The van der Waals surface area contributed by atoms with Crippen LogP contribution in [0.1, 0.15) is 34.7 Å². The molecule has 0 atom stereocenters. The summed E-state index contributed by atoms with van der Waals surface area (Å²) in [4.78, 5) is 8.41. The van der Waals surface area contributed by atoms with Gasteiger partial charge in [0.15, 0.2) is 0 Å². The molecule has 0 radical (unpaired) electrons. The molecular weight excluding hydrogens is 244 g/mol. The molecule has 1 saturated carbocycles. The van der Waals surface area contributed by atoms with E-state index in [1.165, 1.54) is 22.7 Å². The zero-order chi connectivity index (χ0) is 11.9. The van der Waals surface area contributed by atoms with Crippen LogP contribution in [0.5, 0.6) is 0 Å². The Hall–Kier alpha value is -1.20. The highest BCUT2D eigenvalue weighted by molar-refractivity contribution is 7.11. The number of nitrogens with zero attached hydrogens (tertiary/aromatic N) is 4. The van der Waals surface area contributed by atoms with E-state index in [4.69, 9.17) is 0 Å². The molecule has 94 valence electrons. The van der Waals surface area contributed by atoms with Crippen LogP contribution in [0.3, 0.4) is 0 Å². The lowest BCUT2D eigenvalue weighted by Crippen LogP contribution is -2.46. The van der Waals surface area contributed by atoms with E-state index in [1.807, 2.05) is 23.6 Å². The monoisotopic (exact) mass is 260 g/mol. The molecule has 3 heterocycles. The maximum absolute atomic E-state index is 4.53. The Balaban J connectivity index is 1.33. The second-order valence-electron chi connectivity index (χ2n) is 5.27. The molecule has 2 aliphatic rings. The molecule has 5 heteroatoms. The molecule has 0 spiro atoms. The zero-order valence-corrected chi connectivity index (χ0v) is 11.0. The SMILES string of the molecule is c1cnn(C2CN(Cc3cnc(C4CC4)s3)C2)c1. The van der Waals surface area contributed by atoms with Crippen LogP contribution >= 0.6 is 11.3 Å². The Kier molecular flexibility index (Phi) is 2.48. The molecule has 4 rings (SSSR count). The molecule has 2 fully saturated rings. The molecule has 0 aromatic carbocycles. The summed E-state index contributed by atoms with van der Waals surface area (Å²) in [6.07, 6.45) is 8.67. The summed E-state index contributed by atoms with van der Waals surface area (Å²) in [6, 6.07) is 2.56. The normalized spacial score (nSPS) is 21.1. The first-order valence-corrected chi connectivity index (χ1v) is 7.36. The Morgan fingerprint density at radius 3 is 2.94 bits per heavy atom. The molecule has 0 amide bonds. The quantitative estimate of drug-likeness (QED) is 0.845. The molecule has 1 aliphatic heterocycles. The molecule has 0 unspecified atom stereocenters. The largest absolute Gasteiger partial charge is 0.294 e. The number of rotatable bonds is 4. The molecular formula is C13H16N4S. The highest BCUT2D eigenvalue weighted by Gasteiger charge is 2.30. The van der Waals surface area contributed by atoms with Gasteiger partial charge in [0.2, 0.25) is 0 Å². The van der Waals surface area contributed by atoms with Gasteiger partial charge in [-0.3, -0.25) is 9.58 Å². The van der Waals surface area contributed by atoms with E-state index in [0.717, 1.165) is 25.6 Å². The fourth-order valence-electron chi connectivity index (χ4n) is 2.47. The van der Waals surface area contributed by atoms with E-state index in [0.29, 0.717) is 6.04 Å². The minimum atomic E-state index is 0.566. The molecule has 2 aromatic rings. The van der Waals surface area contributed by atoms with Gasteiger partial charge < -0.3 is 0 Å². The summed E-state index contributed by atoms with van der Waals surface area (Å²) in [5.74, 6) is 0.789. The highest BCUT2D eigenvalue weighted by Crippen LogP contribution is 2.42.